The number of benzene rings is 1. The minimum atomic E-state index is 0.0915. The van der Waals surface area contributed by atoms with Gasteiger partial charge in [-0.25, -0.2) is 0 Å². The maximum atomic E-state index is 5.69. The topological polar surface area (TPSA) is 43.8 Å². The first-order chi connectivity index (χ1) is 7.95. The van der Waals surface area contributed by atoms with Gasteiger partial charge in [0.25, 0.3) is 0 Å². The van der Waals surface area contributed by atoms with Gasteiger partial charge in [-0.05, 0) is 24.6 Å². The molecular formula is C14H21N3. The molecule has 0 spiro atoms. The molecule has 2 N–H and O–H groups in total. The Kier molecular flexibility index (Phi) is 2.96. The predicted octanol–water partition coefficient (Wildman–Crippen LogP) is 2.37. The van der Waals surface area contributed by atoms with Crippen LogP contribution in [0.25, 0.3) is 10.9 Å². The summed E-state index contributed by atoms with van der Waals surface area (Å²) in [6.45, 7) is 7.35. The van der Waals surface area contributed by atoms with E-state index in [9.17, 15) is 0 Å². The fourth-order valence-electron chi connectivity index (χ4n) is 2.54. The third-order valence-corrected chi connectivity index (χ3v) is 3.07. The van der Waals surface area contributed by atoms with Gasteiger partial charge in [0.2, 0.25) is 0 Å². The van der Waals surface area contributed by atoms with E-state index in [1.807, 2.05) is 11.7 Å². The lowest BCUT2D eigenvalue weighted by molar-refractivity contribution is 0.528. The van der Waals surface area contributed by atoms with Crippen LogP contribution in [-0.4, -0.2) is 16.3 Å². The Morgan fingerprint density at radius 3 is 2.59 bits per heavy atom. The highest BCUT2D eigenvalue weighted by atomic mass is 15.3. The summed E-state index contributed by atoms with van der Waals surface area (Å²) in [6, 6.07) is 6.30. The fraction of sp³-hybridized carbons (Fsp3) is 0.500. The van der Waals surface area contributed by atoms with Crippen molar-refractivity contribution in [3.63, 3.8) is 0 Å². The van der Waals surface area contributed by atoms with E-state index >= 15 is 0 Å². The van der Waals surface area contributed by atoms with Gasteiger partial charge in [0.05, 0.1) is 11.2 Å². The van der Waals surface area contributed by atoms with Gasteiger partial charge in [-0.3, -0.25) is 4.68 Å². The summed E-state index contributed by atoms with van der Waals surface area (Å²) in [4.78, 5) is 0. The molecule has 2 aromatic rings. The molecule has 3 nitrogen and oxygen atoms in total. The van der Waals surface area contributed by atoms with Gasteiger partial charge in [-0.1, -0.05) is 32.9 Å². The number of rotatable bonds is 2. The molecule has 0 aliphatic heterocycles. The molecule has 0 saturated carbocycles. The lowest BCUT2D eigenvalue weighted by atomic mass is 9.87. The molecule has 0 saturated heterocycles. The van der Waals surface area contributed by atoms with Gasteiger partial charge < -0.3 is 5.73 Å². The van der Waals surface area contributed by atoms with Crippen LogP contribution in [0.5, 0.6) is 0 Å². The molecule has 0 atom stereocenters. The number of hydrogen-bond donors (Lipinski definition) is 1. The molecule has 0 fully saturated rings. The summed E-state index contributed by atoms with van der Waals surface area (Å²) in [5.41, 5.74) is 9.45. The van der Waals surface area contributed by atoms with Crippen LogP contribution in [0.4, 0.5) is 0 Å². The average molecular weight is 231 g/mol. The van der Waals surface area contributed by atoms with E-state index in [2.05, 4.69) is 44.1 Å². The van der Waals surface area contributed by atoms with Gasteiger partial charge in [0.1, 0.15) is 0 Å². The molecule has 1 aromatic heterocycles. The van der Waals surface area contributed by atoms with E-state index in [4.69, 9.17) is 5.73 Å². The SMILES string of the molecule is Cn1nc2cccc(CCN)c2c1C(C)(C)C. The number of aryl methyl sites for hydroxylation is 1. The Balaban J connectivity index is 2.77. The van der Waals surface area contributed by atoms with Crippen LogP contribution < -0.4 is 5.73 Å². The molecule has 17 heavy (non-hydrogen) atoms. The van der Waals surface area contributed by atoms with Crippen LogP contribution in [-0.2, 0) is 18.9 Å². The van der Waals surface area contributed by atoms with Crippen LogP contribution in [0.1, 0.15) is 32.0 Å². The summed E-state index contributed by atoms with van der Waals surface area (Å²) in [5, 5.41) is 5.88. The molecule has 92 valence electrons. The van der Waals surface area contributed by atoms with Gasteiger partial charge in [-0.2, -0.15) is 5.10 Å². The summed E-state index contributed by atoms with van der Waals surface area (Å²) in [7, 11) is 2.02. The maximum absolute atomic E-state index is 5.69. The number of hydrogen-bond acceptors (Lipinski definition) is 2. The van der Waals surface area contributed by atoms with E-state index in [0.717, 1.165) is 11.9 Å². The third-order valence-electron chi connectivity index (χ3n) is 3.07. The monoisotopic (exact) mass is 231 g/mol. The largest absolute Gasteiger partial charge is 0.330 e. The second-order valence-electron chi connectivity index (χ2n) is 5.57. The fourth-order valence-corrected chi connectivity index (χ4v) is 2.54. The molecular weight excluding hydrogens is 210 g/mol. The molecule has 0 radical (unpaired) electrons. The van der Waals surface area contributed by atoms with Crippen molar-refractivity contribution in [2.75, 3.05) is 6.54 Å². The summed E-state index contributed by atoms with van der Waals surface area (Å²) in [5.74, 6) is 0. The molecule has 0 aliphatic carbocycles. The number of nitrogens with zero attached hydrogens (tertiary/aromatic N) is 2. The molecule has 3 heteroatoms. The van der Waals surface area contributed by atoms with Crippen LogP contribution in [0.3, 0.4) is 0 Å². The van der Waals surface area contributed by atoms with Gasteiger partial charge in [0.15, 0.2) is 0 Å². The number of nitrogens with two attached hydrogens (primary N) is 1. The first-order valence-electron chi connectivity index (χ1n) is 6.10. The Labute approximate surface area is 103 Å². The minimum Gasteiger partial charge on any atom is -0.330 e. The molecule has 0 bridgehead atoms. The van der Waals surface area contributed by atoms with E-state index in [1.54, 1.807) is 0 Å². The van der Waals surface area contributed by atoms with Crippen LogP contribution in [0.15, 0.2) is 18.2 Å². The van der Waals surface area contributed by atoms with Crippen molar-refractivity contribution in [2.24, 2.45) is 12.8 Å². The van der Waals surface area contributed by atoms with Crippen molar-refractivity contribution in [3.05, 3.63) is 29.5 Å². The standard InChI is InChI=1S/C14H21N3/c1-14(2,3)13-12-10(8-9-15)6-5-7-11(12)16-17(13)4/h5-7H,8-9,15H2,1-4H3. The molecule has 2 rings (SSSR count). The predicted molar refractivity (Wildman–Crippen MR) is 72.2 cm³/mol. The Morgan fingerprint density at radius 1 is 1.29 bits per heavy atom. The van der Waals surface area contributed by atoms with Crippen LogP contribution in [0, 0.1) is 0 Å². The van der Waals surface area contributed by atoms with Crippen LogP contribution in [0.2, 0.25) is 0 Å². The smallest absolute Gasteiger partial charge is 0.0929 e. The normalized spacial score (nSPS) is 12.3. The lowest BCUT2D eigenvalue weighted by Crippen LogP contribution is -2.17. The lowest BCUT2D eigenvalue weighted by Gasteiger charge is -2.20. The zero-order chi connectivity index (χ0) is 12.6. The average Bonchev–Trinajstić information content (AvgIpc) is 2.54. The second-order valence-corrected chi connectivity index (χ2v) is 5.57. The van der Waals surface area contributed by atoms with E-state index < -0.39 is 0 Å². The Morgan fingerprint density at radius 2 is 2.00 bits per heavy atom. The van der Waals surface area contributed by atoms with Crippen molar-refractivity contribution in [3.8, 4) is 0 Å². The second kappa shape index (κ2) is 4.15. The summed E-state index contributed by atoms with van der Waals surface area (Å²) in [6.07, 6.45) is 0.909. The molecule has 1 heterocycles. The van der Waals surface area contributed by atoms with Crippen molar-refractivity contribution in [2.45, 2.75) is 32.6 Å². The van der Waals surface area contributed by atoms with E-state index in [0.29, 0.717) is 6.54 Å². The highest BCUT2D eigenvalue weighted by molar-refractivity contribution is 5.86. The van der Waals surface area contributed by atoms with Crippen molar-refractivity contribution >= 4 is 10.9 Å². The Bertz CT molecular complexity index is 532. The highest BCUT2D eigenvalue weighted by Gasteiger charge is 2.23. The first-order valence-corrected chi connectivity index (χ1v) is 6.10. The van der Waals surface area contributed by atoms with Gasteiger partial charge >= 0.3 is 0 Å². The zero-order valence-electron chi connectivity index (χ0n) is 11.1. The zero-order valence-corrected chi connectivity index (χ0v) is 11.1. The Hall–Kier alpha value is -1.35. The van der Waals surface area contributed by atoms with Gasteiger partial charge in [0, 0.05) is 17.8 Å². The first kappa shape index (κ1) is 12.1. The molecule has 0 amide bonds. The molecule has 1 aromatic carbocycles. The minimum absolute atomic E-state index is 0.0915. The quantitative estimate of drug-likeness (QED) is 0.862. The maximum Gasteiger partial charge on any atom is 0.0929 e. The third kappa shape index (κ3) is 2.07. The summed E-state index contributed by atoms with van der Waals surface area (Å²) < 4.78 is 2.00. The van der Waals surface area contributed by atoms with Crippen molar-refractivity contribution in [1.29, 1.82) is 0 Å². The highest BCUT2D eigenvalue weighted by Crippen LogP contribution is 2.31. The van der Waals surface area contributed by atoms with Crippen molar-refractivity contribution < 1.29 is 0 Å². The molecule has 0 aliphatic rings. The van der Waals surface area contributed by atoms with Crippen molar-refractivity contribution in [1.82, 2.24) is 9.78 Å². The van der Waals surface area contributed by atoms with Gasteiger partial charge in [-0.15, -0.1) is 0 Å². The van der Waals surface area contributed by atoms with E-state index in [1.165, 1.54) is 16.6 Å². The number of aromatic nitrogens is 2. The summed E-state index contributed by atoms with van der Waals surface area (Å²) >= 11 is 0. The number of fused-ring (bicyclic) bond motifs is 1. The van der Waals surface area contributed by atoms with E-state index in [-0.39, 0.29) is 5.41 Å². The molecule has 0 unspecified atom stereocenters. The van der Waals surface area contributed by atoms with Crippen LogP contribution >= 0.6 is 0 Å².